The second-order valence-corrected chi connectivity index (χ2v) is 4.40. The lowest BCUT2D eigenvalue weighted by Crippen LogP contribution is -1.84. The zero-order chi connectivity index (χ0) is 11.8. The Bertz CT molecular complexity index is 671. The SMILES string of the molecule is Cc1ccc2nc(-c3ccc(Cl)cn3)[nH]c2c1. The van der Waals surface area contributed by atoms with E-state index in [4.69, 9.17) is 11.6 Å². The summed E-state index contributed by atoms with van der Waals surface area (Å²) in [5, 5.41) is 0.626. The van der Waals surface area contributed by atoms with Crippen LogP contribution >= 0.6 is 11.6 Å². The van der Waals surface area contributed by atoms with Crippen molar-refractivity contribution >= 4 is 22.6 Å². The molecule has 0 bridgehead atoms. The first-order chi connectivity index (χ1) is 8.22. The zero-order valence-electron chi connectivity index (χ0n) is 9.24. The Hall–Kier alpha value is -1.87. The monoisotopic (exact) mass is 243 g/mol. The Kier molecular flexibility index (Phi) is 2.34. The van der Waals surface area contributed by atoms with E-state index in [0.717, 1.165) is 22.6 Å². The molecule has 1 N–H and O–H groups in total. The van der Waals surface area contributed by atoms with Crippen LogP contribution < -0.4 is 0 Å². The molecule has 3 nitrogen and oxygen atoms in total. The van der Waals surface area contributed by atoms with Crippen molar-refractivity contribution in [2.24, 2.45) is 0 Å². The molecule has 0 aliphatic heterocycles. The normalized spacial score (nSPS) is 10.9. The molecule has 0 aliphatic rings. The number of hydrogen-bond acceptors (Lipinski definition) is 2. The minimum atomic E-state index is 0.626. The van der Waals surface area contributed by atoms with Crippen LogP contribution in [0.5, 0.6) is 0 Å². The van der Waals surface area contributed by atoms with Gasteiger partial charge in [-0.15, -0.1) is 0 Å². The molecule has 0 atom stereocenters. The van der Waals surface area contributed by atoms with Crippen molar-refractivity contribution in [3.05, 3.63) is 47.1 Å². The van der Waals surface area contributed by atoms with E-state index in [1.54, 1.807) is 6.20 Å². The maximum atomic E-state index is 5.81. The van der Waals surface area contributed by atoms with Crippen LogP contribution in [0.3, 0.4) is 0 Å². The van der Waals surface area contributed by atoms with Crippen LogP contribution in [-0.4, -0.2) is 15.0 Å². The number of pyridine rings is 1. The molecule has 0 spiro atoms. The van der Waals surface area contributed by atoms with Crippen molar-refractivity contribution in [3.63, 3.8) is 0 Å². The number of H-pyrrole nitrogens is 1. The smallest absolute Gasteiger partial charge is 0.157 e. The lowest BCUT2D eigenvalue weighted by Gasteiger charge is -1.94. The largest absolute Gasteiger partial charge is 0.337 e. The number of aryl methyl sites for hydroxylation is 1. The molecular weight excluding hydrogens is 234 g/mol. The predicted molar refractivity (Wildman–Crippen MR) is 69.1 cm³/mol. The van der Waals surface area contributed by atoms with Gasteiger partial charge in [-0.25, -0.2) is 4.98 Å². The van der Waals surface area contributed by atoms with Gasteiger partial charge in [0.05, 0.1) is 16.1 Å². The highest BCUT2D eigenvalue weighted by Gasteiger charge is 2.06. The number of nitrogens with zero attached hydrogens (tertiary/aromatic N) is 2. The molecule has 1 aromatic carbocycles. The Morgan fingerprint density at radius 1 is 1.18 bits per heavy atom. The molecule has 4 heteroatoms. The van der Waals surface area contributed by atoms with Gasteiger partial charge in [-0.2, -0.15) is 0 Å². The number of imidazole rings is 1. The first-order valence-corrected chi connectivity index (χ1v) is 5.68. The van der Waals surface area contributed by atoms with Gasteiger partial charge in [0.1, 0.15) is 5.69 Å². The van der Waals surface area contributed by atoms with Crippen LogP contribution in [0.1, 0.15) is 5.56 Å². The minimum absolute atomic E-state index is 0.626. The summed E-state index contributed by atoms with van der Waals surface area (Å²) >= 11 is 5.81. The van der Waals surface area contributed by atoms with Crippen molar-refractivity contribution < 1.29 is 0 Å². The van der Waals surface area contributed by atoms with E-state index < -0.39 is 0 Å². The maximum absolute atomic E-state index is 5.81. The fraction of sp³-hybridized carbons (Fsp3) is 0.0769. The van der Waals surface area contributed by atoms with Crippen molar-refractivity contribution in [2.75, 3.05) is 0 Å². The zero-order valence-corrected chi connectivity index (χ0v) is 9.99. The number of benzene rings is 1. The molecule has 2 heterocycles. The van der Waals surface area contributed by atoms with Crippen molar-refractivity contribution in [1.29, 1.82) is 0 Å². The molecule has 0 saturated heterocycles. The molecular formula is C13H10ClN3. The van der Waals surface area contributed by atoms with E-state index >= 15 is 0 Å². The third kappa shape index (κ3) is 1.89. The number of aromatic nitrogens is 3. The van der Waals surface area contributed by atoms with E-state index in [-0.39, 0.29) is 0 Å². The van der Waals surface area contributed by atoms with Gasteiger partial charge in [0, 0.05) is 6.20 Å². The number of halogens is 1. The van der Waals surface area contributed by atoms with E-state index in [1.165, 1.54) is 5.56 Å². The molecule has 0 saturated carbocycles. The Balaban J connectivity index is 2.14. The second-order valence-electron chi connectivity index (χ2n) is 3.97. The molecule has 17 heavy (non-hydrogen) atoms. The standard InChI is InChI=1S/C13H10ClN3/c1-8-2-4-10-12(6-8)17-13(16-10)11-5-3-9(14)7-15-11/h2-7H,1H3,(H,16,17). The number of fused-ring (bicyclic) bond motifs is 1. The summed E-state index contributed by atoms with van der Waals surface area (Å²) in [7, 11) is 0. The topological polar surface area (TPSA) is 41.6 Å². The van der Waals surface area contributed by atoms with Crippen LogP contribution in [-0.2, 0) is 0 Å². The number of nitrogens with one attached hydrogen (secondary N) is 1. The van der Waals surface area contributed by atoms with Crippen molar-refractivity contribution in [1.82, 2.24) is 15.0 Å². The highest BCUT2D eigenvalue weighted by molar-refractivity contribution is 6.30. The molecule has 84 valence electrons. The van der Waals surface area contributed by atoms with Gasteiger partial charge in [0.25, 0.3) is 0 Å². The fourth-order valence-electron chi connectivity index (χ4n) is 1.76. The van der Waals surface area contributed by atoms with Crippen LogP contribution in [0.15, 0.2) is 36.5 Å². The van der Waals surface area contributed by atoms with Gasteiger partial charge in [-0.1, -0.05) is 17.7 Å². The predicted octanol–water partition coefficient (Wildman–Crippen LogP) is 3.59. The minimum Gasteiger partial charge on any atom is -0.337 e. The molecule has 0 unspecified atom stereocenters. The summed E-state index contributed by atoms with van der Waals surface area (Å²) in [5.74, 6) is 0.766. The average Bonchev–Trinajstić information content (AvgIpc) is 2.72. The first-order valence-electron chi connectivity index (χ1n) is 5.31. The van der Waals surface area contributed by atoms with E-state index in [9.17, 15) is 0 Å². The summed E-state index contributed by atoms with van der Waals surface area (Å²) < 4.78 is 0. The molecule has 0 amide bonds. The van der Waals surface area contributed by atoms with Gasteiger partial charge in [0.15, 0.2) is 5.82 Å². The van der Waals surface area contributed by atoms with Crippen LogP contribution in [0.2, 0.25) is 5.02 Å². The molecule has 3 rings (SSSR count). The third-order valence-electron chi connectivity index (χ3n) is 2.61. The Morgan fingerprint density at radius 3 is 2.82 bits per heavy atom. The Labute approximate surface area is 103 Å². The molecule has 0 radical (unpaired) electrons. The summed E-state index contributed by atoms with van der Waals surface area (Å²) in [6.07, 6.45) is 1.62. The number of hydrogen-bond donors (Lipinski definition) is 1. The fourth-order valence-corrected chi connectivity index (χ4v) is 1.87. The summed E-state index contributed by atoms with van der Waals surface area (Å²) in [6, 6.07) is 9.78. The molecule has 3 aromatic rings. The third-order valence-corrected chi connectivity index (χ3v) is 2.83. The number of rotatable bonds is 1. The second kappa shape index (κ2) is 3.86. The van der Waals surface area contributed by atoms with E-state index in [2.05, 4.69) is 27.9 Å². The lowest BCUT2D eigenvalue weighted by atomic mass is 10.2. The van der Waals surface area contributed by atoms with Crippen LogP contribution in [0.25, 0.3) is 22.6 Å². The molecule has 0 fully saturated rings. The summed E-state index contributed by atoms with van der Waals surface area (Å²) in [5.41, 5.74) is 3.97. The van der Waals surface area contributed by atoms with Crippen molar-refractivity contribution in [3.8, 4) is 11.5 Å². The van der Waals surface area contributed by atoms with E-state index in [1.807, 2.05) is 24.3 Å². The van der Waals surface area contributed by atoms with Gasteiger partial charge in [0.2, 0.25) is 0 Å². The first kappa shape index (κ1) is 10.3. The number of aromatic amines is 1. The quantitative estimate of drug-likeness (QED) is 0.710. The molecule has 2 aromatic heterocycles. The van der Waals surface area contributed by atoms with Gasteiger partial charge in [-0.05, 0) is 36.8 Å². The van der Waals surface area contributed by atoms with Gasteiger partial charge >= 0.3 is 0 Å². The molecule has 0 aliphatic carbocycles. The lowest BCUT2D eigenvalue weighted by molar-refractivity contribution is 1.24. The Morgan fingerprint density at radius 2 is 2.06 bits per heavy atom. The van der Waals surface area contributed by atoms with Crippen LogP contribution in [0.4, 0.5) is 0 Å². The van der Waals surface area contributed by atoms with Gasteiger partial charge < -0.3 is 4.98 Å². The highest BCUT2D eigenvalue weighted by atomic mass is 35.5. The van der Waals surface area contributed by atoms with E-state index in [0.29, 0.717) is 5.02 Å². The summed E-state index contributed by atoms with van der Waals surface area (Å²) in [4.78, 5) is 12.0. The van der Waals surface area contributed by atoms with Gasteiger partial charge in [-0.3, -0.25) is 4.98 Å². The van der Waals surface area contributed by atoms with Crippen molar-refractivity contribution in [2.45, 2.75) is 6.92 Å². The average molecular weight is 244 g/mol. The highest BCUT2D eigenvalue weighted by Crippen LogP contribution is 2.20. The maximum Gasteiger partial charge on any atom is 0.157 e. The van der Waals surface area contributed by atoms with Crippen LogP contribution in [0, 0.1) is 6.92 Å². The summed E-state index contributed by atoms with van der Waals surface area (Å²) in [6.45, 7) is 2.06.